The second-order valence-electron chi connectivity index (χ2n) is 3.47. The molecular formula is C9H15NO4. The number of ether oxygens (including phenoxy) is 1. The molecule has 0 heterocycles. The molecule has 0 bridgehead atoms. The van der Waals surface area contributed by atoms with Crippen molar-refractivity contribution in [1.82, 2.24) is 4.90 Å². The van der Waals surface area contributed by atoms with Gasteiger partial charge in [0.25, 0.3) is 0 Å². The lowest BCUT2D eigenvalue weighted by Crippen LogP contribution is -2.48. The van der Waals surface area contributed by atoms with E-state index in [1.54, 1.807) is 0 Å². The zero-order valence-corrected chi connectivity index (χ0v) is 8.40. The van der Waals surface area contributed by atoms with Crippen molar-refractivity contribution in [3.63, 3.8) is 0 Å². The van der Waals surface area contributed by atoms with Crippen LogP contribution in [-0.2, 0) is 14.3 Å². The fourth-order valence-corrected chi connectivity index (χ4v) is 1.51. The molecule has 1 amide bonds. The van der Waals surface area contributed by atoms with E-state index in [1.165, 1.54) is 18.9 Å². The minimum absolute atomic E-state index is 0.0470. The quantitative estimate of drug-likeness (QED) is 0.685. The van der Waals surface area contributed by atoms with Crippen LogP contribution in [0.1, 0.15) is 19.8 Å². The molecule has 1 N–H and O–H groups in total. The number of carboxylic acids is 1. The lowest BCUT2D eigenvalue weighted by atomic mass is 10.2. The van der Waals surface area contributed by atoms with Crippen molar-refractivity contribution in [2.45, 2.75) is 31.8 Å². The fraction of sp³-hybridized carbons (Fsp3) is 0.778. The van der Waals surface area contributed by atoms with E-state index in [0.29, 0.717) is 0 Å². The minimum Gasteiger partial charge on any atom is -0.480 e. The molecule has 1 aliphatic rings. The summed E-state index contributed by atoms with van der Waals surface area (Å²) in [6.45, 7) is 1.44. The molecule has 0 spiro atoms. The zero-order valence-electron chi connectivity index (χ0n) is 8.40. The van der Waals surface area contributed by atoms with Gasteiger partial charge in [-0.05, 0) is 12.8 Å². The Morgan fingerprint density at radius 1 is 1.57 bits per heavy atom. The summed E-state index contributed by atoms with van der Waals surface area (Å²) in [7, 11) is 1.43. The topological polar surface area (TPSA) is 66.8 Å². The highest BCUT2D eigenvalue weighted by atomic mass is 16.5. The predicted molar refractivity (Wildman–Crippen MR) is 48.8 cm³/mol. The summed E-state index contributed by atoms with van der Waals surface area (Å²) >= 11 is 0. The van der Waals surface area contributed by atoms with Crippen LogP contribution in [0.4, 0.5) is 0 Å². The molecule has 1 rings (SSSR count). The molecule has 80 valence electrons. The summed E-state index contributed by atoms with van der Waals surface area (Å²) in [5.74, 6) is -1.20. The first-order chi connectivity index (χ1) is 6.57. The van der Waals surface area contributed by atoms with Crippen LogP contribution in [0.5, 0.6) is 0 Å². The van der Waals surface area contributed by atoms with Crippen molar-refractivity contribution in [3.8, 4) is 0 Å². The van der Waals surface area contributed by atoms with Gasteiger partial charge in [0.2, 0.25) is 5.91 Å². The molecule has 0 aromatic rings. The predicted octanol–water partition coefficient (Wildman–Crippen LogP) is 0.0969. The molecular weight excluding hydrogens is 186 g/mol. The third-order valence-electron chi connectivity index (χ3n) is 2.25. The number of amides is 1. The number of methoxy groups -OCH3 is 1. The van der Waals surface area contributed by atoms with Gasteiger partial charge in [-0.2, -0.15) is 0 Å². The molecule has 0 aliphatic heterocycles. The maximum absolute atomic E-state index is 11.3. The van der Waals surface area contributed by atoms with E-state index in [0.717, 1.165) is 12.8 Å². The van der Waals surface area contributed by atoms with Gasteiger partial charge in [-0.25, -0.2) is 4.79 Å². The lowest BCUT2D eigenvalue weighted by Gasteiger charge is -2.27. The van der Waals surface area contributed by atoms with Crippen molar-refractivity contribution in [2.24, 2.45) is 0 Å². The van der Waals surface area contributed by atoms with Crippen LogP contribution in [0.25, 0.3) is 0 Å². The second-order valence-corrected chi connectivity index (χ2v) is 3.47. The van der Waals surface area contributed by atoms with Gasteiger partial charge in [0.15, 0.2) is 6.04 Å². The van der Waals surface area contributed by atoms with Gasteiger partial charge < -0.3 is 14.7 Å². The monoisotopic (exact) mass is 201 g/mol. The third-order valence-corrected chi connectivity index (χ3v) is 2.25. The van der Waals surface area contributed by atoms with E-state index >= 15 is 0 Å². The molecule has 1 aliphatic carbocycles. The number of carbonyl (C=O) groups excluding carboxylic acids is 1. The number of nitrogens with zero attached hydrogens (tertiary/aromatic N) is 1. The largest absolute Gasteiger partial charge is 0.480 e. The molecule has 14 heavy (non-hydrogen) atoms. The van der Waals surface area contributed by atoms with Crippen LogP contribution in [-0.4, -0.2) is 47.7 Å². The average molecular weight is 201 g/mol. The molecule has 5 nitrogen and oxygen atoms in total. The van der Waals surface area contributed by atoms with Crippen LogP contribution in [0.2, 0.25) is 0 Å². The third kappa shape index (κ3) is 2.45. The highest BCUT2D eigenvalue weighted by molar-refractivity contribution is 5.82. The molecule has 1 unspecified atom stereocenters. The highest BCUT2D eigenvalue weighted by Crippen LogP contribution is 2.28. The molecule has 0 radical (unpaired) electrons. The summed E-state index contributed by atoms with van der Waals surface area (Å²) in [4.78, 5) is 23.6. The Balaban J connectivity index is 2.70. The van der Waals surface area contributed by atoms with Crippen LogP contribution in [0.3, 0.4) is 0 Å². The minimum atomic E-state index is -1.01. The number of aliphatic carboxylic acids is 1. The summed E-state index contributed by atoms with van der Waals surface area (Å²) < 4.78 is 4.80. The first-order valence-corrected chi connectivity index (χ1v) is 4.58. The van der Waals surface area contributed by atoms with Crippen molar-refractivity contribution in [3.05, 3.63) is 0 Å². The van der Waals surface area contributed by atoms with Gasteiger partial charge in [-0.1, -0.05) is 0 Å². The number of hydrogen-bond acceptors (Lipinski definition) is 3. The van der Waals surface area contributed by atoms with Crippen LogP contribution < -0.4 is 0 Å². The number of carboxylic acid groups (broad SMARTS) is 1. The Bertz CT molecular complexity index is 237. The van der Waals surface area contributed by atoms with Crippen LogP contribution in [0, 0.1) is 0 Å². The normalized spacial score (nSPS) is 17.6. The van der Waals surface area contributed by atoms with Gasteiger partial charge in [-0.15, -0.1) is 0 Å². The van der Waals surface area contributed by atoms with E-state index in [1.807, 2.05) is 0 Å². The van der Waals surface area contributed by atoms with Gasteiger partial charge in [0, 0.05) is 20.1 Å². The number of hydrogen-bond donors (Lipinski definition) is 1. The van der Waals surface area contributed by atoms with Crippen molar-refractivity contribution in [1.29, 1.82) is 0 Å². The van der Waals surface area contributed by atoms with Gasteiger partial charge in [-0.3, -0.25) is 4.79 Å². The van der Waals surface area contributed by atoms with Crippen LogP contribution >= 0.6 is 0 Å². The fourth-order valence-electron chi connectivity index (χ4n) is 1.51. The van der Waals surface area contributed by atoms with E-state index in [-0.39, 0.29) is 18.6 Å². The molecule has 1 fully saturated rings. The van der Waals surface area contributed by atoms with Gasteiger partial charge in [0.1, 0.15) is 0 Å². The van der Waals surface area contributed by atoms with E-state index in [4.69, 9.17) is 9.84 Å². The van der Waals surface area contributed by atoms with Crippen molar-refractivity contribution < 1.29 is 19.4 Å². The molecule has 1 atom stereocenters. The Hall–Kier alpha value is -1.10. The van der Waals surface area contributed by atoms with Crippen LogP contribution in [0.15, 0.2) is 0 Å². The van der Waals surface area contributed by atoms with E-state index < -0.39 is 12.0 Å². The van der Waals surface area contributed by atoms with E-state index in [2.05, 4.69) is 0 Å². The van der Waals surface area contributed by atoms with Crippen molar-refractivity contribution in [2.75, 3.05) is 13.7 Å². The SMILES string of the molecule is COCC(C(=O)O)N(C(C)=O)C1CC1. The number of carbonyl (C=O) groups is 2. The maximum atomic E-state index is 11.3. The highest BCUT2D eigenvalue weighted by Gasteiger charge is 2.38. The maximum Gasteiger partial charge on any atom is 0.328 e. The average Bonchev–Trinajstić information content (AvgIpc) is 2.86. The smallest absolute Gasteiger partial charge is 0.328 e. The summed E-state index contributed by atoms with van der Waals surface area (Å²) in [5.41, 5.74) is 0. The first-order valence-electron chi connectivity index (χ1n) is 4.58. The first kappa shape index (κ1) is 11.0. The molecule has 0 aromatic heterocycles. The summed E-state index contributed by atoms with van der Waals surface area (Å²) in [5, 5.41) is 8.93. The second kappa shape index (κ2) is 4.41. The van der Waals surface area contributed by atoms with Gasteiger partial charge >= 0.3 is 5.97 Å². The van der Waals surface area contributed by atoms with Crippen molar-refractivity contribution >= 4 is 11.9 Å². The molecule has 0 aromatic carbocycles. The Kier molecular flexibility index (Phi) is 3.46. The Morgan fingerprint density at radius 3 is 2.43 bits per heavy atom. The number of rotatable bonds is 5. The summed E-state index contributed by atoms with van der Waals surface area (Å²) in [6.07, 6.45) is 1.79. The van der Waals surface area contributed by atoms with Gasteiger partial charge in [0.05, 0.1) is 6.61 Å². The Labute approximate surface area is 82.6 Å². The Morgan fingerprint density at radius 2 is 2.14 bits per heavy atom. The lowest BCUT2D eigenvalue weighted by molar-refractivity contribution is -0.152. The standard InChI is InChI=1S/C9H15NO4/c1-6(11)10(7-3-4-7)8(5-14-2)9(12)13/h7-8H,3-5H2,1-2H3,(H,12,13). The molecule has 1 saturated carbocycles. The zero-order chi connectivity index (χ0) is 10.7. The molecule has 5 heteroatoms. The molecule has 0 saturated heterocycles. The summed E-state index contributed by atoms with van der Waals surface area (Å²) in [6, 6.07) is -0.742. The van der Waals surface area contributed by atoms with E-state index in [9.17, 15) is 9.59 Å².